The smallest absolute Gasteiger partial charge is 0.337 e. The van der Waals surface area contributed by atoms with Gasteiger partial charge in [-0.2, -0.15) is 0 Å². The van der Waals surface area contributed by atoms with Crippen molar-refractivity contribution in [2.24, 2.45) is 5.41 Å². The van der Waals surface area contributed by atoms with Crippen molar-refractivity contribution in [3.63, 3.8) is 0 Å². The zero-order chi connectivity index (χ0) is 23.0. The molecular formula is C27H31NO5. The molecule has 0 amide bonds. The van der Waals surface area contributed by atoms with Crippen LogP contribution in [-0.4, -0.2) is 47.7 Å². The highest BCUT2D eigenvalue weighted by atomic mass is 16.5. The van der Waals surface area contributed by atoms with Crippen LogP contribution in [0, 0.1) is 5.41 Å². The average Bonchev–Trinajstić information content (AvgIpc) is 3.18. The van der Waals surface area contributed by atoms with Crippen molar-refractivity contribution in [1.29, 1.82) is 0 Å². The van der Waals surface area contributed by atoms with Crippen LogP contribution in [0.4, 0.5) is 0 Å². The zero-order valence-corrected chi connectivity index (χ0v) is 19.0. The second-order valence-electron chi connectivity index (χ2n) is 9.51. The van der Waals surface area contributed by atoms with Gasteiger partial charge in [0.1, 0.15) is 5.75 Å². The van der Waals surface area contributed by atoms with Crippen LogP contribution in [0.25, 0.3) is 22.2 Å². The van der Waals surface area contributed by atoms with Crippen LogP contribution in [0.15, 0.2) is 42.5 Å². The molecule has 174 valence electrons. The van der Waals surface area contributed by atoms with Crippen LogP contribution in [0.2, 0.25) is 0 Å². The van der Waals surface area contributed by atoms with Crippen LogP contribution in [-0.2, 0) is 11.3 Å². The summed E-state index contributed by atoms with van der Waals surface area (Å²) in [6, 6.07) is 13.8. The highest BCUT2D eigenvalue weighted by Crippen LogP contribution is 2.48. The van der Waals surface area contributed by atoms with Crippen molar-refractivity contribution in [2.45, 2.75) is 44.6 Å². The minimum Gasteiger partial charge on any atom is -0.492 e. The predicted octanol–water partition coefficient (Wildman–Crippen LogP) is 4.51. The maximum atomic E-state index is 12.4. The van der Waals surface area contributed by atoms with Gasteiger partial charge in [0.05, 0.1) is 43.6 Å². The summed E-state index contributed by atoms with van der Waals surface area (Å²) in [5.41, 5.74) is 3.93. The molecule has 5 rings (SSSR count). The first-order chi connectivity index (χ1) is 16.1. The molecule has 0 spiro atoms. The molecule has 0 bridgehead atoms. The molecule has 3 aromatic rings. The third-order valence-corrected chi connectivity index (χ3v) is 7.38. The summed E-state index contributed by atoms with van der Waals surface area (Å²) in [6.07, 6.45) is 5.91. The van der Waals surface area contributed by atoms with E-state index in [1.807, 2.05) is 36.4 Å². The SMILES string of the molecule is COC(=O)c1ccc2c(C3CCCCC3)c3n(c2c1)CC(CO)(CO)COc1ccccc1-3. The molecule has 1 saturated carbocycles. The number of esters is 1. The Hall–Kier alpha value is -2.83. The number of carbonyl (C=O) groups is 1. The van der Waals surface area contributed by atoms with Gasteiger partial charge in [-0.15, -0.1) is 0 Å². The number of benzene rings is 2. The molecule has 33 heavy (non-hydrogen) atoms. The van der Waals surface area contributed by atoms with Gasteiger partial charge in [0, 0.05) is 23.0 Å². The summed E-state index contributed by atoms with van der Waals surface area (Å²) >= 11 is 0. The Balaban J connectivity index is 1.85. The zero-order valence-electron chi connectivity index (χ0n) is 19.0. The van der Waals surface area contributed by atoms with Crippen molar-refractivity contribution in [1.82, 2.24) is 4.57 Å². The fourth-order valence-electron chi connectivity index (χ4n) is 5.52. The van der Waals surface area contributed by atoms with E-state index in [1.54, 1.807) is 0 Å². The van der Waals surface area contributed by atoms with E-state index in [4.69, 9.17) is 9.47 Å². The molecule has 0 atom stereocenters. The molecule has 6 nitrogen and oxygen atoms in total. The number of aromatic nitrogens is 1. The van der Waals surface area contributed by atoms with Gasteiger partial charge in [0.2, 0.25) is 0 Å². The molecule has 2 aliphatic rings. The fraction of sp³-hybridized carbons (Fsp3) is 0.444. The maximum absolute atomic E-state index is 12.4. The Kier molecular flexibility index (Phi) is 5.89. The summed E-state index contributed by atoms with van der Waals surface area (Å²) in [6.45, 7) is 0.170. The van der Waals surface area contributed by atoms with E-state index in [1.165, 1.54) is 31.9 Å². The molecule has 6 heteroatoms. The lowest BCUT2D eigenvalue weighted by atomic mass is 9.81. The average molecular weight is 450 g/mol. The van der Waals surface area contributed by atoms with Crippen LogP contribution in [0.3, 0.4) is 0 Å². The van der Waals surface area contributed by atoms with Gasteiger partial charge in [0.25, 0.3) is 0 Å². The number of hydrogen-bond acceptors (Lipinski definition) is 5. The van der Waals surface area contributed by atoms with Crippen LogP contribution in [0.1, 0.15) is 53.9 Å². The molecule has 2 heterocycles. The topological polar surface area (TPSA) is 80.9 Å². The second-order valence-corrected chi connectivity index (χ2v) is 9.51. The number of aliphatic hydroxyl groups excluding tert-OH is 2. The number of aliphatic hydroxyl groups is 2. The molecule has 1 aliphatic heterocycles. The second kappa shape index (κ2) is 8.84. The number of hydrogen-bond donors (Lipinski definition) is 2. The van der Waals surface area contributed by atoms with Crippen molar-refractivity contribution in [2.75, 3.05) is 26.9 Å². The van der Waals surface area contributed by atoms with Gasteiger partial charge in [0.15, 0.2) is 0 Å². The summed E-state index contributed by atoms with van der Waals surface area (Å²) in [5, 5.41) is 21.7. The third-order valence-electron chi connectivity index (χ3n) is 7.38. The highest BCUT2D eigenvalue weighted by Gasteiger charge is 2.37. The Labute approximate surface area is 193 Å². The van der Waals surface area contributed by atoms with E-state index in [0.29, 0.717) is 18.0 Å². The number of rotatable bonds is 4. The number of methoxy groups -OCH3 is 1. The van der Waals surface area contributed by atoms with Gasteiger partial charge in [-0.3, -0.25) is 0 Å². The van der Waals surface area contributed by atoms with E-state index in [0.717, 1.165) is 40.8 Å². The fourth-order valence-corrected chi connectivity index (χ4v) is 5.52. The number of fused-ring (bicyclic) bond motifs is 5. The Morgan fingerprint density at radius 1 is 1.12 bits per heavy atom. The summed E-state index contributed by atoms with van der Waals surface area (Å²) in [4.78, 5) is 12.4. The molecule has 2 aromatic carbocycles. The molecule has 1 aromatic heterocycles. The molecule has 1 fully saturated rings. The third kappa shape index (κ3) is 3.71. The van der Waals surface area contributed by atoms with Gasteiger partial charge in [-0.25, -0.2) is 4.79 Å². The van der Waals surface area contributed by atoms with Crippen molar-refractivity contribution in [3.05, 3.63) is 53.6 Å². The van der Waals surface area contributed by atoms with Gasteiger partial charge in [-0.05, 0) is 48.6 Å². The van der Waals surface area contributed by atoms with E-state index in [9.17, 15) is 15.0 Å². The standard InChI is InChI=1S/C27H31NO5/c1-32-26(31)19-11-12-20-22(13-19)28-14-27(15-29,16-30)17-33-23-10-6-5-9-21(23)25(28)24(20)18-7-3-2-4-8-18/h5-6,9-13,18,29-30H,2-4,7-8,14-17H2,1H3. The van der Waals surface area contributed by atoms with Crippen LogP contribution >= 0.6 is 0 Å². The molecular weight excluding hydrogens is 418 g/mol. The van der Waals surface area contributed by atoms with Crippen molar-refractivity contribution in [3.8, 4) is 17.0 Å². The molecule has 0 radical (unpaired) electrons. The monoisotopic (exact) mass is 449 g/mol. The van der Waals surface area contributed by atoms with Gasteiger partial charge >= 0.3 is 5.97 Å². The van der Waals surface area contributed by atoms with Crippen molar-refractivity contribution >= 4 is 16.9 Å². The number of carbonyl (C=O) groups excluding carboxylic acids is 1. The lowest BCUT2D eigenvalue weighted by molar-refractivity contribution is 0.00122. The quantitative estimate of drug-likeness (QED) is 0.573. The summed E-state index contributed by atoms with van der Waals surface area (Å²) in [7, 11) is 1.39. The minimum absolute atomic E-state index is 0.200. The Morgan fingerprint density at radius 2 is 1.88 bits per heavy atom. The highest BCUT2D eigenvalue weighted by molar-refractivity contribution is 5.99. The van der Waals surface area contributed by atoms with E-state index >= 15 is 0 Å². The number of para-hydroxylation sites is 1. The van der Waals surface area contributed by atoms with E-state index in [2.05, 4.69) is 10.6 Å². The van der Waals surface area contributed by atoms with Gasteiger partial charge < -0.3 is 24.3 Å². The largest absolute Gasteiger partial charge is 0.492 e. The molecule has 0 unspecified atom stereocenters. The first kappa shape index (κ1) is 22.0. The lowest BCUT2D eigenvalue weighted by Crippen LogP contribution is -2.41. The summed E-state index contributed by atoms with van der Waals surface area (Å²) < 4.78 is 13.4. The first-order valence-corrected chi connectivity index (χ1v) is 11.8. The normalized spacial score (nSPS) is 18.0. The lowest BCUT2D eigenvalue weighted by Gasteiger charge is -2.34. The molecule has 2 N–H and O–H groups in total. The number of nitrogens with zero attached hydrogens (tertiary/aromatic N) is 1. The van der Waals surface area contributed by atoms with Crippen LogP contribution < -0.4 is 4.74 Å². The van der Waals surface area contributed by atoms with Crippen molar-refractivity contribution < 1.29 is 24.5 Å². The minimum atomic E-state index is -0.848. The summed E-state index contributed by atoms with van der Waals surface area (Å²) in [5.74, 6) is 0.779. The van der Waals surface area contributed by atoms with E-state index in [-0.39, 0.29) is 25.8 Å². The Morgan fingerprint density at radius 3 is 2.61 bits per heavy atom. The van der Waals surface area contributed by atoms with Crippen LogP contribution in [0.5, 0.6) is 5.75 Å². The van der Waals surface area contributed by atoms with E-state index < -0.39 is 5.41 Å². The Bertz CT molecular complexity index is 1170. The van der Waals surface area contributed by atoms with Gasteiger partial charge in [-0.1, -0.05) is 37.5 Å². The number of ether oxygens (including phenoxy) is 2. The predicted molar refractivity (Wildman–Crippen MR) is 127 cm³/mol. The maximum Gasteiger partial charge on any atom is 0.337 e. The molecule has 0 saturated heterocycles. The first-order valence-electron chi connectivity index (χ1n) is 11.8. The molecule has 1 aliphatic carbocycles.